The Morgan fingerprint density at radius 2 is 2.00 bits per heavy atom. The molecule has 35 heavy (non-hydrogen) atoms. The van der Waals surface area contributed by atoms with E-state index in [9.17, 15) is 19.6 Å². The number of aromatic nitrogens is 5. The van der Waals surface area contributed by atoms with Crippen LogP contribution in [0.1, 0.15) is 38.4 Å². The Morgan fingerprint density at radius 1 is 1.31 bits per heavy atom. The first-order valence-corrected chi connectivity index (χ1v) is 11.1. The Balaban J connectivity index is 1.65. The van der Waals surface area contributed by atoms with Crippen molar-refractivity contribution in [2.24, 2.45) is 11.3 Å². The highest BCUT2D eigenvalue weighted by atomic mass is 19.1. The Hall–Kier alpha value is -4.27. The van der Waals surface area contributed by atoms with E-state index in [1.165, 1.54) is 4.80 Å². The summed E-state index contributed by atoms with van der Waals surface area (Å²) in [5.74, 6) is -0.536. The van der Waals surface area contributed by atoms with Crippen LogP contribution >= 0.6 is 0 Å². The van der Waals surface area contributed by atoms with E-state index in [0.717, 1.165) is 12.5 Å². The SMILES string of the molecule is Cc1ncc(Nc2nc(N[C@@H]([C@H](C)NC(=O)O)[C@H]3CC3(C)C)c(F)cc2C#N)cc1-n1nccn1. The lowest BCUT2D eigenvalue weighted by atomic mass is 9.98. The average Bonchev–Trinajstić information content (AvgIpc) is 3.17. The van der Waals surface area contributed by atoms with Gasteiger partial charge in [0, 0.05) is 6.04 Å². The summed E-state index contributed by atoms with van der Waals surface area (Å²) in [7, 11) is 0. The van der Waals surface area contributed by atoms with Crippen molar-refractivity contribution in [3.63, 3.8) is 0 Å². The van der Waals surface area contributed by atoms with Crippen LogP contribution in [0.5, 0.6) is 0 Å². The van der Waals surface area contributed by atoms with Gasteiger partial charge in [0.05, 0.1) is 41.6 Å². The predicted molar refractivity (Wildman–Crippen MR) is 126 cm³/mol. The number of amides is 1. The number of rotatable bonds is 8. The molecule has 0 aromatic carbocycles. The number of nitriles is 1. The van der Waals surface area contributed by atoms with Crippen molar-refractivity contribution in [1.29, 1.82) is 5.26 Å². The number of hydrogen-bond donors (Lipinski definition) is 4. The van der Waals surface area contributed by atoms with Gasteiger partial charge >= 0.3 is 6.09 Å². The summed E-state index contributed by atoms with van der Waals surface area (Å²) < 4.78 is 14.9. The van der Waals surface area contributed by atoms with E-state index in [-0.39, 0.29) is 28.5 Å². The Morgan fingerprint density at radius 3 is 2.60 bits per heavy atom. The molecular formula is C23H26FN9O2. The fourth-order valence-electron chi connectivity index (χ4n) is 4.18. The third-order valence-electron chi connectivity index (χ3n) is 6.27. The van der Waals surface area contributed by atoms with Crippen LogP contribution in [0.2, 0.25) is 0 Å². The van der Waals surface area contributed by atoms with Crippen molar-refractivity contribution >= 4 is 23.4 Å². The molecule has 3 atom stereocenters. The van der Waals surface area contributed by atoms with Gasteiger partial charge in [-0.2, -0.15) is 15.5 Å². The molecule has 1 fully saturated rings. The quantitative estimate of drug-likeness (QED) is 0.379. The molecule has 4 rings (SSSR count). The number of nitrogens with one attached hydrogen (secondary N) is 3. The van der Waals surface area contributed by atoms with E-state index in [4.69, 9.17) is 0 Å². The van der Waals surface area contributed by atoms with Crippen LogP contribution < -0.4 is 16.0 Å². The second-order valence-corrected chi connectivity index (χ2v) is 9.31. The first kappa shape index (κ1) is 23.9. The second-order valence-electron chi connectivity index (χ2n) is 9.31. The minimum atomic E-state index is -1.16. The van der Waals surface area contributed by atoms with E-state index in [1.54, 1.807) is 31.6 Å². The van der Waals surface area contributed by atoms with E-state index < -0.39 is 24.0 Å². The van der Waals surface area contributed by atoms with Crippen molar-refractivity contribution in [3.8, 4) is 11.8 Å². The molecule has 1 saturated carbocycles. The highest BCUT2D eigenvalue weighted by Gasteiger charge is 2.52. The van der Waals surface area contributed by atoms with Gasteiger partial charge in [0.15, 0.2) is 17.5 Å². The maximum atomic E-state index is 14.9. The Bertz CT molecular complexity index is 1290. The summed E-state index contributed by atoms with van der Waals surface area (Å²) in [6.07, 6.45) is 4.36. The fourth-order valence-corrected chi connectivity index (χ4v) is 4.18. The topological polar surface area (TPSA) is 154 Å². The lowest BCUT2D eigenvalue weighted by molar-refractivity contribution is 0.188. The van der Waals surface area contributed by atoms with Gasteiger partial charge < -0.3 is 21.1 Å². The van der Waals surface area contributed by atoms with Gasteiger partial charge in [-0.1, -0.05) is 13.8 Å². The van der Waals surface area contributed by atoms with Crippen LogP contribution in [-0.2, 0) is 0 Å². The van der Waals surface area contributed by atoms with Gasteiger partial charge in [0.1, 0.15) is 11.8 Å². The molecular weight excluding hydrogens is 453 g/mol. The number of hydrogen-bond acceptors (Lipinski definition) is 8. The molecule has 0 aliphatic heterocycles. The maximum Gasteiger partial charge on any atom is 0.404 e. The van der Waals surface area contributed by atoms with E-state index in [2.05, 4.69) is 50.0 Å². The first-order valence-electron chi connectivity index (χ1n) is 11.1. The zero-order valence-electron chi connectivity index (χ0n) is 19.7. The predicted octanol–water partition coefficient (Wildman–Crippen LogP) is 3.60. The second kappa shape index (κ2) is 9.17. The fraction of sp³-hybridized carbons (Fsp3) is 0.391. The monoisotopic (exact) mass is 479 g/mol. The zero-order valence-corrected chi connectivity index (χ0v) is 19.7. The summed E-state index contributed by atoms with van der Waals surface area (Å²) in [5, 5.41) is 35.6. The van der Waals surface area contributed by atoms with Crippen molar-refractivity contribution in [3.05, 3.63) is 47.8 Å². The number of pyridine rings is 2. The zero-order chi connectivity index (χ0) is 25.3. The molecule has 1 aliphatic carbocycles. The van der Waals surface area contributed by atoms with Crippen LogP contribution in [-0.4, -0.2) is 48.2 Å². The number of aryl methyl sites for hydroxylation is 1. The third kappa shape index (κ3) is 5.13. The van der Waals surface area contributed by atoms with Gasteiger partial charge in [-0.15, -0.1) is 4.80 Å². The third-order valence-corrected chi connectivity index (χ3v) is 6.27. The van der Waals surface area contributed by atoms with Crippen molar-refractivity contribution in [1.82, 2.24) is 30.3 Å². The number of carbonyl (C=O) groups is 1. The molecule has 11 nitrogen and oxygen atoms in total. The minimum absolute atomic E-state index is 0.00685. The van der Waals surface area contributed by atoms with Crippen LogP contribution in [0, 0.1) is 35.4 Å². The molecule has 0 spiro atoms. The number of anilines is 3. The molecule has 3 heterocycles. The molecule has 3 aromatic heterocycles. The molecule has 182 valence electrons. The van der Waals surface area contributed by atoms with Gasteiger partial charge in [0.25, 0.3) is 0 Å². The molecule has 12 heteroatoms. The molecule has 1 amide bonds. The van der Waals surface area contributed by atoms with Crippen molar-refractivity contribution in [2.45, 2.75) is 46.2 Å². The molecule has 3 aromatic rings. The molecule has 4 N–H and O–H groups in total. The summed E-state index contributed by atoms with van der Waals surface area (Å²) in [4.78, 5) is 21.3. The van der Waals surface area contributed by atoms with Crippen LogP contribution in [0.3, 0.4) is 0 Å². The Kier molecular flexibility index (Phi) is 6.26. The number of halogens is 1. The largest absolute Gasteiger partial charge is 0.465 e. The summed E-state index contributed by atoms with van der Waals surface area (Å²) in [6.45, 7) is 7.69. The van der Waals surface area contributed by atoms with Gasteiger partial charge in [-0.25, -0.2) is 14.2 Å². The summed E-state index contributed by atoms with van der Waals surface area (Å²) in [5.41, 5.74) is 1.82. The Labute approximate surface area is 201 Å². The van der Waals surface area contributed by atoms with E-state index in [1.807, 2.05) is 13.0 Å². The van der Waals surface area contributed by atoms with Gasteiger partial charge in [0.2, 0.25) is 0 Å². The molecule has 0 bridgehead atoms. The van der Waals surface area contributed by atoms with Crippen molar-refractivity contribution in [2.75, 3.05) is 10.6 Å². The molecule has 0 saturated heterocycles. The first-order chi connectivity index (χ1) is 16.6. The lowest BCUT2D eigenvalue weighted by Gasteiger charge is -2.27. The average molecular weight is 480 g/mol. The van der Waals surface area contributed by atoms with Gasteiger partial charge in [-0.3, -0.25) is 4.98 Å². The van der Waals surface area contributed by atoms with Crippen LogP contribution in [0.15, 0.2) is 30.7 Å². The maximum absolute atomic E-state index is 14.9. The normalized spacial score (nSPS) is 17.7. The molecule has 1 aliphatic rings. The highest BCUT2D eigenvalue weighted by molar-refractivity contribution is 5.67. The summed E-state index contributed by atoms with van der Waals surface area (Å²) in [6, 6.07) is 3.90. The number of carboxylic acid groups (broad SMARTS) is 1. The van der Waals surface area contributed by atoms with E-state index in [0.29, 0.717) is 17.1 Å². The minimum Gasteiger partial charge on any atom is -0.465 e. The van der Waals surface area contributed by atoms with Gasteiger partial charge in [-0.05, 0) is 43.7 Å². The molecule has 0 radical (unpaired) electrons. The van der Waals surface area contributed by atoms with E-state index >= 15 is 0 Å². The number of nitrogens with zero attached hydrogens (tertiary/aromatic N) is 6. The standard InChI is InChI=1S/C23H26FN9O2/c1-12-18(33-27-5-6-28-33)8-15(11-26-12)30-20-14(10-25)7-17(24)21(32-20)31-19(13(2)29-22(34)35)16-9-23(16,3)4/h5-8,11,13,16,19,29H,9H2,1-4H3,(H,34,35)(H2,30,31,32)/t13-,16+,19-/m0/s1. The lowest BCUT2D eigenvalue weighted by Crippen LogP contribution is -2.46. The molecule has 0 unspecified atom stereocenters. The van der Waals surface area contributed by atoms with Crippen LogP contribution in [0.25, 0.3) is 5.69 Å². The smallest absolute Gasteiger partial charge is 0.404 e. The summed E-state index contributed by atoms with van der Waals surface area (Å²) >= 11 is 0. The van der Waals surface area contributed by atoms with Crippen molar-refractivity contribution < 1.29 is 14.3 Å². The van der Waals surface area contributed by atoms with Crippen LogP contribution in [0.4, 0.5) is 26.5 Å². The highest BCUT2D eigenvalue weighted by Crippen LogP contribution is 2.54.